The van der Waals surface area contributed by atoms with E-state index in [9.17, 15) is 97.0 Å². The van der Waals surface area contributed by atoms with Gasteiger partial charge in [0.05, 0.1) is 0 Å². The highest BCUT2D eigenvalue weighted by Gasteiger charge is 2.76. The van der Waals surface area contributed by atoms with Gasteiger partial charge in [-0.2, -0.15) is 92.2 Å². The summed E-state index contributed by atoms with van der Waals surface area (Å²) in [6.07, 6.45) is -22.8. The van der Waals surface area contributed by atoms with Crippen molar-refractivity contribution in [2.45, 2.75) is 452 Å². The van der Waals surface area contributed by atoms with E-state index in [1.165, 1.54) is 47.0 Å². The Morgan fingerprint density at radius 3 is 0.842 bits per heavy atom. The Balaban J connectivity index is -0.000000201. The molecular weight excluding hydrogens is 1960 g/mol. The highest BCUT2D eigenvalue weighted by atomic mass is 28.3. The molecule has 19 unspecified atom stereocenters. The Bertz CT molecular complexity index is 2900. The summed E-state index contributed by atoms with van der Waals surface area (Å²) >= 11 is 0. The molecule has 11 aliphatic rings. The van der Waals surface area contributed by atoms with Gasteiger partial charge in [-0.3, -0.25) is 0 Å². The minimum absolute atomic E-state index is 0. The summed E-state index contributed by atoms with van der Waals surface area (Å²) in [6, 6.07) is 0. The zero-order valence-corrected chi connectivity index (χ0v) is 86.3. The molecule has 1 aliphatic heterocycles. The van der Waals surface area contributed by atoms with Crippen molar-refractivity contribution in [2.24, 2.45) is 88.8 Å². The smallest absolute Gasteiger partial charge is 0.429 e. The molecule has 850 valence electrons. The van der Waals surface area contributed by atoms with Crippen LogP contribution in [0.5, 0.6) is 0 Å². The van der Waals surface area contributed by atoms with Crippen LogP contribution in [0, 0.1) is 88.8 Å². The van der Waals surface area contributed by atoms with Crippen molar-refractivity contribution in [3.8, 4) is 0 Å². The van der Waals surface area contributed by atoms with Crippen LogP contribution < -0.4 is 0 Å². The quantitative estimate of drug-likeness (QED) is 0.0220. The van der Waals surface area contributed by atoms with E-state index in [0.29, 0.717) is 93.9 Å². The number of rotatable bonds is 30. The van der Waals surface area contributed by atoms with Gasteiger partial charge in [-0.05, 0) is 344 Å². The number of hydrogen-bond donors (Lipinski definition) is 0. The maximum absolute atomic E-state index is 13.5. The van der Waals surface area contributed by atoms with Crippen LogP contribution in [0.15, 0.2) is 0 Å². The molecule has 10 bridgehead atoms. The van der Waals surface area contributed by atoms with Crippen molar-refractivity contribution < 1.29 is 166 Å². The van der Waals surface area contributed by atoms with E-state index in [1.807, 2.05) is 0 Å². The zero-order valence-electron chi connectivity index (χ0n) is 80.5. The molecule has 19 atom stereocenters. The molecule has 139 heavy (non-hydrogen) atoms. The Kier molecular flexibility index (Phi) is 80.2. The molecule has 0 aromatic rings. The van der Waals surface area contributed by atoms with Crippen molar-refractivity contribution in [1.29, 1.82) is 0 Å². The summed E-state index contributed by atoms with van der Waals surface area (Å²) < 4.78 is 351. The number of carbonyl (C=O) groups is 1. The summed E-state index contributed by atoms with van der Waals surface area (Å²) in [5, 5.41) is 0. The van der Waals surface area contributed by atoms with E-state index >= 15 is 0 Å². The summed E-state index contributed by atoms with van der Waals surface area (Å²) in [5.74, 6) is 2.84. The minimum Gasteiger partial charge on any atom is -0.429 e. The molecule has 0 spiro atoms. The third-order valence-corrected chi connectivity index (χ3v) is 31.4. The molecule has 1 heterocycles. The number of halogens is 21. The third kappa shape index (κ3) is 54.6. The van der Waals surface area contributed by atoms with Crippen molar-refractivity contribution in [3.05, 3.63) is 0 Å². The van der Waals surface area contributed by atoms with Gasteiger partial charge in [0.1, 0.15) is 26.0 Å². The van der Waals surface area contributed by atoms with Gasteiger partial charge in [0, 0.05) is 68.4 Å². The maximum atomic E-state index is 13.5. The predicted octanol–water partition coefficient (Wildman–Crippen LogP) is 31.9. The van der Waals surface area contributed by atoms with Crippen LogP contribution in [-0.2, 0) is 69.5 Å². The second-order valence-electron chi connectivity index (χ2n) is 38.9. The van der Waals surface area contributed by atoms with Crippen LogP contribution in [0.25, 0.3) is 0 Å². The van der Waals surface area contributed by atoms with Gasteiger partial charge in [0.2, 0.25) is 0 Å². The first-order valence-corrected chi connectivity index (χ1v) is 60.3. The molecule has 42 heteroatoms. The standard InChI is InChI=1S/C16H22F6O3.C15H23F3O2.C14H20F6O2.C14H23F3O2.C13H21F3O2.5C3H10OSi.10CH4/c1-13(2,3)24-12(23)25-14(15(17,18)19,16(20,21)22)8-11-7-9-4-5-10(11)6-9;16-15(17,18)13(20-14-3-1-2-6-19-14)9-12-8-10-4-5-11(12)7-10;1-2-21-8-22-12(13(15,16)17,14(18,19)20)7-11-6-9-3-4-10(11)5-9;1-3-18-9-19-13(2,14(15,16)17)8-12-7-10-4-5-11(12)6-10;1-2-17-8-18-12(13(14,15)16)7-11-6-9-3-4-10(11)5-9;5*1-4-5(2)3;;;;;;;;;;/h9-11H,4-8H2,1-3H3;10-14H,1-9H2;9-11H,2-8H2,1H3;10-12H,3-9H2,1-2H3;9-12H,2-8H2,1H3;5*5H,1-3H3;10*1H4. The number of alkyl halides is 21. The number of hydrogen-bond acceptors (Lipinski definition) is 16. The lowest BCUT2D eigenvalue weighted by atomic mass is 9.79. The van der Waals surface area contributed by atoms with Gasteiger partial charge in [0.25, 0.3) is 5.60 Å². The molecule has 0 radical (unpaired) electrons. The van der Waals surface area contributed by atoms with Gasteiger partial charge in [0.15, 0.2) is 69.3 Å². The van der Waals surface area contributed by atoms with E-state index in [0.717, 1.165) is 96.8 Å². The van der Waals surface area contributed by atoms with E-state index in [2.05, 4.69) is 84.4 Å². The highest BCUT2D eigenvalue weighted by molar-refractivity contribution is 6.49. The maximum Gasteiger partial charge on any atom is 0.510 e. The van der Waals surface area contributed by atoms with Crippen molar-refractivity contribution >= 4 is 51.4 Å². The van der Waals surface area contributed by atoms with Crippen LogP contribution in [0.4, 0.5) is 97.0 Å². The molecule has 16 nitrogen and oxygen atoms in total. The predicted molar refractivity (Wildman–Crippen MR) is 533 cm³/mol. The number of ether oxygens (including phenoxy) is 10. The fourth-order valence-electron chi connectivity index (χ4n) is 19.1. The average molecular weight is 2160 g/mol. The Hall–Kier alpha value is -1.64. The van der Waals surface area contributed by atoms with E-state index in [-0.39, 0.29) is 155 Å². The molecule has 10 aliphatic carbocycles. The lowest BCUT2D eigenvalue weighted by Crippen LogP contribution is -2.61. The van der Waals surface area contributed by atoms with Crippen molar-refractivity contribution in [2.75, 3.05) is 82.4 Å². The van der Waals surface area contributed by atoms with Gasteiger partial charge < -0.3 is 69.5 Å². The van der Waals surface area contributed by atoms with Crippen LogP contribution in [0.1, 0.15) is 303 Å². The second kappa shape index (κ2) is 71.9. The van der Waals surface area contributed by atoms with Crippen LogP contribution in [0.2, 0.25) is 65.5 Å². The van der Waals surface area contributed by atoms with E-state index in [4.69, 9.17) is 50.6 Å². The lowest BCUT2D eigenvalue weighted by Gasteiger charge is -2.40. The lowest BCUT2D eigenvalue weighted by molar-refractivity contribution is -0.398. The Labute approximate surface area is 837 Å². The second-order valence-corrected chi connectivity index (χ2v) is 51.7. The fourth-order valence-corrected chi connectivity index (χ4v) is 19.1. The summed E-state index contributed by atoms with van der Waals surface area (Å²) in [4.78, 5) is 11.7. The monoisotopic (exact) mass is 2160 g/mol. The molecule has 0 aromatic heterocycles. The van der Waals surface area contributed by atoms with Crippen LogP contribution in [0.3, 0.4) is 0 Å². The summed E-state index contributed by atoms with van der Waals surface area (Å²) in [6.45, 7) is 31.2. The van der Waals surface area contributed by atoms with Crippen molar-refractivity contribution in [1.82, 2.24) is 0 Å². The van der Waals surface area contributed by atoms with E-state index in [1.54, 1.807) is 49.4 Å². The molecule has 0 aromatic carbocycles. The highest BCUT2D eigenvalue weighted by Crippen LogP contribution is 2.61. The topological polar surface area (TPSA) is 156 Å². The largest absolute Gasteiger partial charge is 0.510 e. The SMILES string of the molecule is C.C.C.C.C.C.C.C.C.C.CC(C)(C)OC(=O)OC(CC1CC2CCC1C2)(C(F)(F)F)C(F)(F)F.CCOCOC(C)(CC1CC2CCC1C2)C(F)(F)F.CCOCOC(CC1CC2CCC1C2)(C(F)(F)F)C(F)(F)F.CCOCOC(CC1CC2CCC1C2)C(F)(F)F.CO[SiH](C)C.CO[SiH](C)C.CO[SiH](C)C.CO[SiH](C)C.CO[SiH](C)C.FC(F)(F)C(CC1CC2CCC1C2)OC1CCCCO1. The van der Waals surface area contributed by atoms with Crippen molar-refractivity contribution in [3.63, 3.8) is 0 Å². The first-order chi connectivity index (χ1) is 59.5. The number of fused-ring (bicyclic) bond motifs is 10. The van der Waals surface area contributed by atoms with E-state index < -0.39 is 167 Å². The molecule has 11 rings (SSSR count). The Morgan fingerprint density at radius 2 is 0.604 bits per heavy atom. The first kappa shape index (κ1) is 155. The summed E-state index contributed by atoms with van der Waals surface area (Å²) in [7, 11) is 5.56. The van der Waals surface area contributed by atoms with Gasteiger partial charge in [-0.25, -0.2) is 4.79 Å². The molecular formula is C97H199F21O16Si5. The minimum atomic E-state index is -5.79. The summed E-state index contributed by atoms with van der Waals surface area (Å²) in [5.41, 5.74) is -12.0. The average Bonchev–Trinajstić information content (AvgIpc) is 1.74. The molecule has 10 saturated carbocycles. The third-order valence-electron chi connectivity index (χ3n) is 26.6. The first-order valence-electron chi connectivity index (χ1n) is 46.4. The number of carbonyl (C=O) groups excluding carboxylic acids is 1. The molecule has 11 fully saturated rings. The normalized spacial score (nSPS) is 25.8. The van der Waals surface area contributed by atoms with Gasteiger partial charge in [-0.1, -0.05) is 106 Å². The Morgan fingerprint density at radius 1 is 0.331 bits per heavy atom. The van der Waals surface area contributed by atoms with Gasteiger partial charge in [-0.15, -0.1) is 0 Å². The molecule has 0 amide bonds. The molecule has 1 saturated heterocycles. The fraction of sp³-hybridized carbons (Fsp3) is 0.990. The van der Waals surface area contributed by atoms with Crippen LogP contribution >= 0.6 is 0 Å². The van der Waals surface area contributed by atoms with Gasteiger partial charge >= 0.3 is 55.0 Å². The van der Waals surface area contributed by atoms with Crippen LogP contribution in [-0.4, -0.2) is 218 Å². The zero-order chi connectivity index (χ0) is 98.7. The molecule has 0 N–H and O–H groups in total.